The molecule has 164 valence electrons. The van der Waals surface area contributed by atoms with E-state index in [0.717, 1.165) is 5.56 Å². The minimum Gasteiger partial charge on any atom is -0.350 e. The van der Waals surface area contributed by atoms with Crippen molar-refractivity contribution < 1.29 is 14.0 Å². The van der Waals surface area contributed by atoms with E-state index in [2.05, 4.69) is 20.3 Å². The molecule has 4 rings (SSSR count). The van der Waals surface area contributed by atoms with Crippen LogP contribution in [0.1, 0.15) is 27.7 Å². The van der Waals surface area contributed by atoms with Crippen molar-refractivity contribution in [3.63, 3.8) is 0 Å². The molecule has 2 aromatic heterocycles. The van der Waals surface area contributed by atoms with Gasteiger partial charge in [0, 0.05) is 42.6 Å². The first kappa shape index (κ1) is 21.8. The maximum atomic E-state index is 13.7. The number of hydrogen-bond donors (Lipinski definition) is 1. The molecule has 4 aromatic rings. The molecule has 0 saturated heterocycles. The van der Waals surface area contributed by atoms with Crippen LogP contribution in [0.15, 0.2) is 97.7 Å². The molecule has 0 bridgehead atoms. The van der Waals surface area contributed by atoms with E-state index in [4.69, 9.17) is 0 Å². The van der Waals surface area contributed by atoms with Gasteiger partial charge < -0.3 is 5.32 Å². The first-order valence-electron chi connectivity index (χ1n) is 10.2. The van der Waals surface area contributed by atoms with Crippen LogP contribution < -0.4 is 10.2 Å². The van der Waals surface area contributed by atoms with Gasteiger partial charge in [-0.15, -0.1) is 0 Å². The zero-order valence-corrected chi connectivity index (χ0v) is 17.5. The quantitative estimate of drug-likeness (QED) is 0.472. The Balaban J connectivity index is 1.76. The Morgan fingerprint density at radius 1 is 0.879 bits per heavy atom. The summed E-state index contributed by atoms with van der Waals surface area (Å²) < 4.78 is 13.7. The van der Waals surface area contributed by atoms with Gasteiger partial charge in [-0.25, -0.2) is 9.37 Å². The van der Waals surface area contributed by atoms with E-state index in [9.17, 15) is 14.0 Å². The van der Waals surface area contributed by atoms with Gasteiger partial charge in [-0.1, -0.05) is 36.4 Å². The molecule has 33 heavy (non-hydrogen) atoms. The Hall–Kier alpha value is -4.46. The summed E-state index contributed by atoms with van der Waals surface area (Å²) in [6, 6.07) is 17.1. The summed E-state index contributed by atoms with van der Waals surface area (Å²) in [7, 11) is 0. The van der Waals surface area contributed by atoms with Crippen molar-refractivity contribution in [2.24, 2.45) is 0 Å². The Morgan fingerprint density at radius 3 is 2.30 bits per heavy atom. The van der Waals surface area contributed by atoms with E-state index in [0.29, 0.717) is 11.3 Å². The summed E-state index contributed by atoms with van der Waals surface area (Å²) in [4.78, 5) is 40.5. The molecule has 0 saturated carbocycles. The SMILES string of the molecule is O=C(NCc1ccccc1)[C@@H](c1cccnc1)N(C(=O)c1cnccn1)c1ccc(F)cc1. The number of rotatable bonds is 7. The van der Waals surface area contributed by atoms with Gasteiger partial charge in [0.05, 0.1) is 6.20 Å². The number of carbonyl (C=O) groups excluding carboxylic acids is 2. The predicted molar refractivity (Wildman–Crippen MR) is 121 cm³/mol. The van der Waals surface area contributed by atoms with Crippen LogP contribution in [0, 0.1) is 5.82 Å². The molecule has 0 aliphatic heterocycles. The van der Waals surface area contributed by atoms with Crippen LogP contribution in [0.4, 0.5) is 10.1 Å². The second-order valence-corrected chi connectivity index (χ2v) is 7.13. The molecule has 0 aliphatic carbocycles. The Bertz CT molecular complexity index is 1210. The van der Waals surface area contributed by atoms with Crippen LogP contribution in [-0.2, 0) is 11.3 Å². The van der Waals surface area contributed by atoms with Crippen LogP contribution in [0.2, 0.25) is 0 Å². The van der Waals surface area contributed by atoms with Gasteiger partial charge in [0.25, 0.3) is 5.91 Å². The fourth-order valence-corrected chi connectivity index (χ4v) is 3.36. The van der Waals surface area contributed by atoms with Crippen molar-refractivity contribution in [3.05, 3.63) is 120 Å². The number of pyridine rings is 1. The van der Waals surface area contributed by atoms with E-state index in [1.807, 2.05) is 30.3 Å². The van der Waals surface area contributed by atoms with Gasteiger partial charge in [0.2, 0.25) is 5.91 Å². The number of nitrogens with zero attached hydrogens (tertiary/aromatic N) is 4. The van der Waals surface area contributed by atoms with Crippen molar-refractivity contribution in [2.45, 2.75) is 12.6 Å². The smallest absolute Gasteiger partial charge is 0.279 e. The summed E-state index contributed by atoms with van der Waals surface area (Å²) >= 11 is 0. The molecule has 1 atom stereocenters. The molecule has 2 amide bonds. The van der Waals surface area contributed by atoms with Crippen molar-refractivity contribution in [3.8, 4) is 0 Å². The second kappa shape index (κ2) is 10.2. The second-order valence-electron chi connectivity index (χ2n) is 7.13. The lowest BCUT2D eigenvalue weighted by Crippen LogP contribution is -2.44. The van der Waals surface area contributed by atoms with Gasteiger partial charge in [-0.2, -0.15) is 0 Å². The first-order valence-corrected chi connectivity index (χ1v) is 10.2. The lowest BCUT2D eigenvalue weighted by atomic mass is 10.0. The molecule has 7 nitrogen and oxygen atoms in total. The molecule has 0 aliphatic rings. The third-order valence-electron chi connectivity index (χ3n) is 4.92. The normalized spacial score (nSPS) is 11.4. The highest BCUT2D eigenvalue weighted by Crippen LogP contribution is 2.29. The molecule has 0 unspecified atom stereocenters. The number of aromatic nitrogens is 3. The maximum Gasteiger partial charge on any atom is 0.279 e. The van der Waals surface area contributed by atoms with Gasteiger partial charge in [-0.3, -0.25) is 24.5 Å². The zero-order chi connectivity index (χ0) is 23.0. The third-order valence-corrected chi connectivity index (χ3v) is 4.92. The molecule has 2 heterocycles. The van der Waals surface area contributed by atoms with Crippen molar-refractivity contribution in [2.75, 3.05) is 4.90 Å². The number of benzene rings is 2. The molecule has 0 fully saturated rings. The number of halogens is 1. The monoisotopic (exact) mass is 441 g/mol. The largest absolute Gasteiger partial charge is 0.350 e. The Morgan fingerprint density at radius 2 is 1.64 bits per heavy atom. The molecule has 8 heteroatoms. The lowest BCUT2D eigenvalue weighted by Gasteiger charge is -2.31. The van der Waals surface area contributed by atoms with E-state index in [1.54, 1.807) is 18.3 Å². The maximum absolute atomic E-state index is 13.7. The van der Waals surface area contributed by atoms with E-state index in [-0.39, 0.29) is 12.2 Å². The van der Waals surface area contributed by atoms with Gasteiger partial charge in [0.1, 0.15) is 17.6 Å². The average molecular weight is 441 g/mol. The standard InChI is InChI=1S/C25H20FN5O2/c26-20-8-10-21(11-9-20)31(25(33)22-17-28-13-14-29-22)23(19-7-4-12-27-16-19)24(32)30-15-18-5-2-1-3-6-18/h1-14,16-17,23H,15H2,(H,30,32)/t23-/m1/s1. The number of carbonyl (C=O) groups is 2. The molecule has 0 radical (unpaired) electrons. The van der Waals surface area contributed by atoms with E-state index < -0.39 is 23.7 Å². The van der Waals surface area contributed by atoms with Crippen molar-refractivity contribution >= 4 is 17.5 Å². The lowest BCUT2D eigenvalue weighted by molar-refractivity contribution is -0.122. The Kier molecular flexibility index (Phi) is 6.75. The minimum atomic E-state index is -1.08. The molecule has 1 N–H and O–H groups in total. The third kappa shape index (κ3) is 5.24. The van der Waals surface area contributed by atoms with E-state index >= 15 is 0 Å². The number of hydrogen-bond acceptors (Lipinski definition) is 5. The predicted octanol–water partition coefficient (Wildman–Crippen LogP) is 3.72. The first-order chi connectivity index (χ1) is 16.1. The zero-order valence-electron chi connectivity index (χ0n) is 17.5. The number of nitrogens with one attached hydrogen (secondary N) is 1. The average Bonchev–Trinajstić information content (AvgIpc) is 2.88. The molecule has 2 aromatic carbocycles. The number of amides is 2. The van der Waals surface area contributed by atoms with Gasteiger partial charge in [-0.05, 0) is 35.9 Å². The summed E-state index contributed by atoms with van der Waals surface area (Å²) in [6.07, 6.45) is 7.26. The van der Waals surface area contributed by atoms with Crippen LogP contribution in [0.25, 0.3) is 0 Å². The van der Waals surface area contributed by atoms with Crippen LogP contribution >= 0.6 is 0 Å². The topological polar surface area (TPSA) is 88.1 Å². The van der Waals surface area contributed by atoms with Crippen LogP contribution in [0.5, 0.6) is 0 Å². The Labute approximate surface area is 190 Å². The van der Waals surface area contributed by atoms with Gasteiger partial charge in [0.15, 0.2) is 0 Å². The fourth-order valence-electron chi connectivity index (χ4n) is 3.36. The van der Waals surface area contributed by atoms with E-state index in [1.165, 1.54) is 54.0 Å². The van der Waals surface area contributed by atoms with Crippen LogP contribution in [-0.4, -0.2) is 26.8 Å². The molecular formula is C25H20FN5O2. The molecule has 0 spiro atoms. The van der Waals surface area contributed by atoms with Crippen molar-refractivity contribution in [1.82, 2.24) is 20.3 Å². The molecular weight excluding hydrogens is 421 g/mol. The summed E-state index contributed by atoms with van der Waals surface area (Å²) in [6.45, 7) is 0.271. The number of anilines is 1. The minimum absolute atomic E-state index is 0.0478. The highest BCUT2D eigenvalue weighted by atomic mass is 19.1. The highest BCUT2D eigenvalue weighted by molar-refractivity contribution is 6.08. The van der Waals surface area contributed by atoms with Crippen LogP contribution in [0.3, 0.4) is 0 Å². The summed E-state index contributed by atoms with van der Waals surface area (Å²) in [5.41, 5.74) is 1.77. The highest BCUT2D eigenvalue weighted by Gasteiger charge is 2.34. The summed E-state index contributed by atoms with van der Waals surface area (Å²) in [5, 5.41) is 2.89. The van der Waals surface area contributed by atoms with Gasteiger partial charge >= 0.3 is 0 Å². The summed E-state index contributed by atoms with van der Waals surface area (Å²) in [5.74, 6) is -1.44. The van der Waals surface area contributed by atoms with Crippen molar-refractivity contribution in [1.29, 1.82) is 0 Å². The fraction of sp³-hybridized carbons (Fsp3) is 0.0800.